The highest BCUT2D eigenvalue weighted by Crippen LogP contribution is 2.20. The van der Waals surface area contributed by atoms with Crippen molar-refractivity contribution < 1.29 is 0 Å². The molecular weight excluding hydrogens is 260 g/mol. The Bertz CT molecular complexity index is 758. The van der Waals surface area contributed by atoms with Crippen molar-refractivity contribution in [3.8, 4) is 5.69 Å². The minimum atomic E-state index is 0.490. The van der Waals surface area contributed by atoms with Gasteiger partial charge >= 0.3 is 0 Å². The number of aryl methyl sites for hydroxylation is 1. The summed E-state index contributed by atoms with van der Waals surface area (Å²) in [7, 11) is 0. The zero-order valence-electron chi connectivity index (χ0n) is 12.7. The Kier molecular flexibility index (Phi) is 3.71. The van der Waals surface area contributed by atoms with Crippen molar-refractivity contribution in [2.45, 2.75) is 33.4 Å². The van der Waals surface area contributed by atoms with Gasteiger partial charge in [-0.25, -0.2) is 4.68 Å². The zero-order valence-corrected chi connectivity index (χ0v) is 12.7. The number of benzene rings is 2. The summed E-state index contributed by atoms with van der Waals surface area (Å²) in [5.41, 5.74) is 5.52. The monoisotopic (exact) mass is 280 g/mol. The molecule has 0 atom stereocenters. The number of rotatable bonds is 4. The van der Waals surface area contributed by atoms with Gasteiger partial charge in [-0.1, -0.05) is 43.3 Å². The molecule has 1 N–H and O–H groups in total. The molecule has 4 heteroatoms. The van der Waals surface area contributed by atoms with E-state index in [0.717, 1.165) is 23.3 Å². The van der Waals surface area contributed by atoms with Crippen molar-refractivity contribution in [1.82, 2.24) is 20.3 Å². The number of para-hydroxylation sites is 1. The van der Waals surface area contributed by atoms with Gasteiger partial charge in [-0.3, -0.25) is 0 Å². The fourth-order valence-corrected chi connectivity index (χ4v) is 2.43. The minimum absolute atomic E-state index is 0.490. The molecule has 0 spiro atoms. The number of aromatic nitrogens is 3. The molecule has 0 saturated heterocycles. The van der Waals surface area contributed by atoms with Crippen molar-refractivity contribution >= 4 is 11.0 Å². The number of hydrogen-bond donors (Lipinski definition) is 1. The molecular formula is C17H20N4. The van der Waals surface area contributed by atoms with Crippen molar-refractivity contribution in [3.05, 3.63) is 53.6 Å². The van der Waals surface area contributed by atoms with E-state index in [-0.39, 0.29) is 0 Å². The smallest absolute Gasteiger partial charge is 0.113 e. The van der Waals surface area contributed by atoms with Crippen LogP contribution < -0.4 is 5.32 Å². The van der Waals surface area contributed by atoms with E-state index in [4.69, 9.17) is 0 Å². The van der Waals surface area contributed by atoms with Crippen LogP contribution in [0.5, 0.6) is 0 Å². The molecule has 3 aromatic rings. The van der Waals surface area contributed by atoms with Crippen LogP contribution in [0.25, 0.3) is 16.7 Å². The quantitative estimate of drug-likeness (QED) is 0.798. The largest absolute Gasteiger partial charge is 0.310 e. The predicted octanol–water partition coefficient (Wildman–Crippen LogP) is 3.23. The molecule has 0 bridgehead atoms. The molecule has 2 aromatic carbocycles. The van der Waals surface area contributed by atoms with Crippen LogP contribution in [0.4, 0.5) is 0 Å². The van der Waals surface area contributed by atoms with Crippen molar-refractivity contribution in [1.29, 1.82) is 0 Å². The van der Waals surface area contributed by atoms with Gasteiger partial charge in [0.25, 0.3) is 0 Å². The van der Waals surface area contributed by atoms with Crippen LogP contribution in [0.2, 0.25) is 0 Å². The summed E-state index contributed by atoms with van der Waals surface area (Å²) in [5.74, 6) is 0. The second kappa shape index (κ2) is 5.66. The average Bonchev–Trinajstić information content (AvgIpc) is 2.89. The van der Waals surface area contributed by atoms with Gasteiger partial charge in [0.15, 0.2) is 0 Å². The first-order chi connectivity index (χ1) is 10.1. The van der Waals surface area contributed by atoms with Crippen molar-refractivity contribution in [2.24, 2.45) is 0 Å². The third kappa shape index (κ3) is 2.81. The molecule has 0 radical (unpaired) electrons. The SMILES string of the molecule is Cc1cc(CNC(C)C)ccc1-n1nnc2ccccc21. The zero-order chi connectivity index (χ0) is 14.8. The molecule has 0 aliphatic heterocycles. The van der Waals surface area contributed by atoms with Gasteiger partial charge in [-0.05, 0) is 36.2 Å². The molecule has 3 rings (SSSR count). The van der Waals surface area contributed by atoms with Crippen LogP contribution in [-0.2, 0) is 6.54 Å². The molecule has 0 unspecified atom stereocenters. The van der Waals surface area contributed by atoms with Crippen LogP contribution in [0.3, 0.4) is 0 Å². The fraction of sp³-hybridized carbons (Fsp3) is 0.294. The van der Waals surface area contributed by atoms with Crippen LogP contribution in [0, 0.1) is 6.92 Å². The van der Waals surface area contributed by atoms with Crippen molar-refractivity contribution in [3.63, 3.8) is 0 Å². The number of nitrogens with one attached hydrogen (secondary N) is 1. The second-order valence-corrected chi connectivity index (χ2v) is 5.65. The first-order valence-corrected chi connectivity index (χ1v) is 7.29. The van der Waals surface area contributed by atoms with Crippen LogP contribution in [0.1, 0.15) is 25.0 Å². The maximum Gasteiger partial charge on any atom is 0.113 e. The molecule has 0 aliphatic carbocycles. The molecule has 1 aromatic heterocycles. The lowest BCUT2D eigenvalue weighted by atomic mass is 10.1. The van der Waals surface area contributed by atoms with Gasteiger partial charge in [0.05, 0.1) is 11.2 Å². The van der Waals surface area contributed by atoms with Gasteiger partial charge in [-0.2, -0.15) is 0 Å². The third-order valence-corrected chi connectivity index (χ3v) is 3.56. The van der Waals surface area contributed by atoms with Crippen LogP contribution in [0.15, 0.2) is 42.5 Å². The van der Waals surface area contributed by atoms with Crippen LogP contribution >= 0.6 is 0 Å². The highest BCUT2D eigenvalue weighted by molar-refractivity contribution is 5.76. The summed E-state index contributed by atoms with van der Waals surface area (Å²) in [4.78, 5) is 0. The molecule has 0 fully saturated rings. The lowest BCUT2D eigenvalue weighted by Crippen LogP contribution is -2.21. The summed E-state index contributed by atoms with van der Waals surface area (Å²) in [6, 6.07) is 15.0. The molecule has 0 aliphatic rings. The first-order valence-electron chi connectivity index (χ1n) is 7.29. The summed E-state index contributed by atoms with van der Waals surface area (Å²) in [5, 5.41) is 11.9. The van der Waals surface area contributed by atoms with E-state index in [0.29, 0.717) is 6.04 Å². The summed E-state index contributed by atoms with van der Waals surface area (Å²) >= 11 is 0. The molecule has 0 amide bonds. The Balaban J connectivity index is 1.96. The van der Waals surface area contributed by atoms with Crippen molar-refractivity contribution in [2.75, 3.05) is 0 Å². The van der Waals surface area contributed by atoms with E-state index in [1.807, 2.05) is 28.9 Å². The summed E-state index contributed by atoms with van der Waals surface area (Å²) < 4.78 is 1.91. The molecule has 21 heavy (non-hydrogen) atoms. The van der Waals surface area contributed by atoms with E-state index >= 15 is 0 Å². The average molecular weight is 280 g/mol. The lowest BCUT2D eigenvalue weighted by molar-refractivity contribution is 0.588. The minimum Gasteiger partial charge on any atom is -0.310 e. The number of nitrogens with zero attached hydrogens (tertiary/aromatic N) is 3. The first kappa shape index (κ1) is 13.8. The van der Waals surface area contributed by atoms with E-state index < -0.39 is 0 Å². The van der Waals surface area contributed by atoms with E-state index in [2.05, 4.69) is 54.6 Å². The van der Waals surface area contributed by atoms with E-state index in [9.17, 15) is 0 Å². The highest BCUT2D eigenvalue weighted by atomic mass is 15.4. The molecule has 108 valence electrons. The molecule has 4 nitrogen and oxygen atoms in total. The number of fused-ring (bicyclic) bond motifs is 1. The molecule has 1 heterocycles. The summed E-state index contributed by atoms with van der Waals surface area (Å²) in [6.07, 6.45) is 0. The fourth-order valence-electron chi connectivity index (χ4n) is 2.43. The normalized spacial score (nSPS) is 11.4. The Morgan fingerprint density at radius 2 is 1.95 bits per heavy atom. The topological polar surface area (TPSA) is 42.7 Å². The summed E-state index contributed by atoms with van der Waals surface area (Å²) in [6.45, 7) is 7.31. The third-order valence-electron chi connectivity index (χ3n) is 3.56. The van der Waals surface area contributed by atoms with Gasteiger partial charge in [0, 0.05) is 12.6 Å². The maximum atomic E-state index is 4.28. The second-order valence-electron chi connectivity index (χ2n) is 5.65. The van der Waals surface area contributed by atoms with Gasteiger partial charge < -0.3 is 5.32 Å². The number of hydrogen-bond acceptors (Lipinski definition) is 3. The Labute approximate surface area is 124 Å². The Hall–Kier alpha value is -2.20. The highest BCUT2D eigenvalue weighted by Gasteiger charge is 2.08. The Morgan fingerprint density at radius 1 is 1.14 bits per heavy atom. The van der Waals surface area contributed by atoms with Gasteiger partial charge in [-0.15, -0.1) is 5.10 Å². The maximum absolute atomic E-state index is 4.28. The van der Waals surface area contributed by atoms with E-state index in [1.165, 1.54) is 11.1 Å². The van der Waals surface area contributed by atoms with E-state index in [1.54, 1.807) is 0 Å². The van der Waals surface area contributed by atoms with Gasteiger partial charge in [0.1, 0.15) is 5.52 Å². The predicted molar refractivity (Wildman–Crippen MR) is 85.6 cm³/mol. The Morgan fingerprint density at radius 3 is 2.71 bits per heavy atom. The van der Waals surface area contributed by atoms with Gasteiger partial charge in [0.2, 0.25) is 0 Å². The molecule has 0 saturated carbocycles. The standard InChI is InChI=1S/C17H20N4/c1-12(2)18-11-14-8-9-16(13(3)10-14)21-17-7-5-4-6-15(17)19-20-21/h4-10,12,18H,11H2,1-3H3. The van der Waals surface area contributed by atoms with Crippen LogP contribution in [-0.4, -0.2) is 21.0 Å². The lowest BCUT2D eigenvalue weighted by Gasteiger charge is -2.11.